The number of hydrogen-bond acceptors (Lipinski definition) is 4. The number of carbonyl (C=O) groups is 2. The first-order valence-corrected chi connectivity index (χ1v) is 9.52. The lowest BCUT2D eigenvalue weighted by Crippen LogP contribution is -2.37. The van der Waals surface area contributed by atoms with Crippen molar-refractivity contribution < 1.29 is 19.1 Å². The molecule has 0 N–H and O–H groups in total. The summed E-state index contributed by atoms with van der Waals surface area (Å²) in [5.41, 5.74) is 1.61. The van der Waals surface area contributed by atoms with E-state index in [9.17, 15) is 9.59 Å². The molecule has 1 heterocycles. The Morgan fingerprint density at radius 1 is 1.27 bits per heavy atom. The summed E-state index contributed by atoms with van der Waals surface area (Å²) in [6, 6.07) is 7.73. The molecule has 2 atom stereocenters. The third-order valence-electron chi connectivity index (χ3n) is 4.94. The summed E-state index contributed by atoms with van der Waals surface area (Å²) in [5.74, 6) is 0.863. The van der Waals surface area contributed by atoms with Crippen LogP contribution >= 0.6 is 0 Å². The smallest absolute Gasteiger partial charge is 0.309 e. The second kappa shape index (κ2) is 8.39. The number of esters is 1. The van der Waals surface area contributed by atoms with Crippen LogP contribution in [-0.2, 0) is 14.3 Å². The van der Waals surface area contributed by atoms with E-state index in [4.69, 9.17) is 9.47 Å². The summed E-state index contributed by atoms with van der Waals surface area (Å²) in [4.78, 5) is 26.8. The van der Waals surface area contributed by atoms with Crippen LogP contribution in [0.4, 0.5) is 0 Å². The van der Waals surface area contributed by atoms with E-state index in [-0.39, 0.29) is 23.7 Å². The standard InChI is InChI=1S/C21H27NO4/c1-3-5-10-22(13-16-12-18(16)21(24)25-4-2)20(23)17-11-15-8-6-7-9-19(15)26-14-17/h6-9,11,16,18H,3-5,10,12-14H2,1-2H3/t16-,18-/m0/s1. The molecule has 0 radical (unpaired) electrons. The normalized spacial score (nSPS) is 20.5. The Balaban J connectivity index is 1.67. The summed E-state index contributed by atoms with van der Waals surface area (Å²) in [6.07, 6.45) is 4.71. The molecule has 3 rings (SSSR count). The van der Waals surface area contributed by atoms with Crippen molar-refractivity contribution in [2.45, 2.75) is 33.1 Å². The molecule has 1 fully saturated rings. The van der Waals surface area contributed by atoms with E-state index in [0.717, 1.165) is 30.6 Å². The highest BCUT2D eigenvalue weighted by Crippen LogP contribution is 2.40. The molecule has 0 spiro atoms. The zero-order chi connectivity index (χ0) is 18.5. The largest absolute Gasteiger partial charge is 0.488 e. The predicted octanol–water partition coefficient (Wildman–Crippen LogP) is 3.29. The molecule has 1 amide bonds. The zero-order valence-electron chi connectivity index (χ0n) is 15.6. The number of carbonyl (C=O) groups excluding carboxylic acids is 2. The van der Waals surface area contributed by atoms with Crippen LogP contribution in [0.2, 0.25) is 0 Å². The molecule has 0 saturated heterocycles. The van der Waals surface area contributed by atoms with Crippen LogP contribution in [0.25, 0.3) is 6.08 Å². The Hall–Kier alpha value is -2.30. The lowest BCUT2D eigenvalue weighted by atomic mass is 10.1. The SMILES string of the molecule is CCCCN(C[C@@H]1C[C@@H]1C(=O)OCC)C(=O)C1=Cc2ccccc2OC1. The molecule has 0 aromatic heterocycles. The Bertz CT molecular complexity index is 697. The van der Waals surface area contributed by atoms with Gasteiger partial charge in [0.1, 0.15) is 12.4 Å². The summed E-state index contributed by atoms with van der Waals surface area (Å²) in [5, 5.41) is 0. The van der Waals surface area contributed by atoms with Crippen molar-refractivity contribution in [2.24, 2.45) is 11.8 Å². The predicted molar refractivity (Wildman–Crippen MR) is 99.6 cm³/mol. The van der Waals surface area contributed by atoms with Crippen LogP contribution in [0.3, 0.4) is 0 Å². The number of hydrogen-bond donors (Lipinski definition) is 0. The van der Waals surface area contributed by atoms with Crippen molar-refractivity contribution >= 4 is 18.0 Å². The zero-order valence-corrected chi connectivity index (χ0v) is 15.6. The lowest BCUT2D eigenvalue weighted by molar-refractivity contribution is -0.145. The first kappa shape index (κ1) is 18.5. The highest BCUT2D eigenvalue weighted by Gasteiger charge is 2.45. The molecule has 5 nitrogen and oxygen atoms in total. The van der Waals surface area contributed by atoms with Gasteiger partial charge in [-0.15, -0.1) is 0 Å². The fraction of sp³-hybridized carbons (Fsp3) is 0.524. The van der Waals surface area contributed by atoms with Crippen molar-refractivity contribution in [3.63, 3.8) is 0 Å². The van der Waals surface area contributed by atoms with Crippen LogP contribution in [0.5, 0.6) is 5.75 Å². The van der Waals surface area contributed by atoms with E-state index in [1.54, 1.807) is 0 Å². The highest BCUT2D eigenvalue weighted by molar-refractivity contribution is 5.99. The number of nitrogens with zero attached hydrogens (tertiary/aromatic N) is 1. The Kier molecular flexibility index (Phi) is 5.96. The number of unbranched alkanes of at least 4 members (excludes halogenated alkanes) is 1. The van der Waals surface area contributed by atoms with Gasteiger partial charge in [0.05, 0.1) is 18.1 Å². The van der Waals surface area contributed by atoms with E-state index < -0.39 is 0 Å². The molecule has 2 aliphatic rings. The van der Waals surface area contributed by atoms with E-state index in [2.05, 4.69) is 6.92 Å². The van der Waals surface area contributed by atoms with Crippen molar-refractivity contribution in [3.8, 4) is 5.75 Å². The first-order chi connectivity index (χ1) is 12.6. The van der Waals surface area contributed by atoms with Gasteiger partial charge in [-0.2, -0.15) is 0 Å². The molecule has 1 aromatic rings. The van der Waals surface area contributed by atoms with Crippen molar-refractivity contribution in [1.29, 1.82) is 0 Å². The van der Waals surface area contributed by atoms with E-state index >= 15 is 0 Å². The Morgan fingerprint density at radius 2 is 2.08 bits per heavy atom. The molecule has 1 aromatic carbocycles. The van der Waals surface area contributed by atoms with Gasteiger partial charge in [0.2, 0.25) is 0 Å². The molecule has 1 aliphatic heterocycles. The number of ether oxygens (including phenoxy) is 2. The van der Waals surface area contributed by atoms with Gasteiger partial charge >= 0.3 is 5.97 Å². The topological polar surface area (TPSA) is 55.8 Å². The second-order valence-electron chi connectivity index (χ2n) is 6.96. The van der Waals surface area contributed by atoms with E-state index in [1.807, 2.05) is 42.2 Å². The van der Waals surface area contributed by atoms with Crippen LogP contribution < -0.4 is 4.74 Å². The molecule has 0 bridgehead atoms. The third kappa shape index (κ3) is 4.26. The van der Waals surface area contributed by atoms with Crippen LogP contribution in [0, 0.1) is 11.8 Å². The quantitative estimate of drug-likeness (QED) is 0.670. The van der Waals surface area contributed by atoms with E-state index in [1.165, 1.54) is 0 Å². The molecular weight excluding hydrogens is 330 g/mol. The van der Waals surface area contributed by atoms with Gasteiger partial charge < -0.3 is 14.4 Å². The summed E-state index contributed by atoms with van der Waals surface area (Å²) < 4.78 is 10.8. The maximum absolute atomic E-state index is 13.0. The maximum atomic E-state index is 13.0. The summed E-state index contributed by atoms with van der Waals surface area (Å²) in [6.45, 7) is 5.95. The maximum Gasteiger partial charge on any atom is 0.309 e. The number of fused-ring (bicyclic) bond motifs is 1. The summed E-state index contributed by atoms with van der Waals surface area (Å²) in [7, 11) is 0. The van der Waals surface area contributed by atoms with Gasteiger partial charge in [-0.3, -0.25) is 9.59 Å². The van der Waals surface area contributed by atoms with Crippen LogP contribution in [0.15, 0.2) is 29.8 Å². The van der Waals surface area contributed by atoms with Gasteiger partial charge in [0.15, 0.2) is 0 Å². The van der Waals surface area contributed by atoms with Crippen molar-refractivity contribution in [2.75, 3.05) is 26.3 Å². The van der Waals surface area contributed by atoms with Crippen LogP contribution in [-0.4, -0.2) is 43.1 Å². The minimum atomic E-state index is -0.130. The average Bonchev–Trinajstić information content (AvgIpc) is 3.43. The van der Waals surface area contributed by atoms with Gasteiger partial charge in [0, 0.05) is 18.7 Å². The molecule has 0 unspecified atom stereocenters. The fourth-order valence-corrected chi connectivity index (χ4v) is 3.34. The summed E-state index contributed by atoms with van der Waals surface area (Å²) >= 11 is 0. The molecule has 140 valence electrons. The molecule has 1 saturated carbocycles. The van der Waals surface area contributed by atoms with Crippen molar-refractivity contribution in [1.82, 2.24) is 4.90 Å². The third-order valence-corrected chi connectivity index (χ3v) is 4.94. The second-order valence-corrected chi connectivity index (χ2v) is 6.96. The first-order valence-electron chi connectivity index (χ1n) is 9.52. The molecule has 5 heteroatoms. The average molecular weight is 357 g/mol. The molecule has 26 heavy (non-hydrogen) atoms. The number of amides is 1. The minimum Gasteiger partial charge on any atom is -0.488 e. The lowest BCUT2D eigenvalue weighted by Gasteiger charge is -2.26. The minimum absolute atomic E-state index is 0.0162. The van der Waals surface area contributed by atoms with E-state index in [0.29, 0.717) is 31.9 Å². The van der Waals surface area contributed by atoms with Gasteiger partial charge in [-0.25, -0.2) is 0 Å². The molecular formula is C21H27NO4. The van der Waals surface area contributed by atoms with Gasteiger partial charge in [-0.1, -0.05) is 31.5 Å². The Morgan fingerprint density at radius 3 is 2.85 bits per heavy atom. The van der Waals surface area contributed by atoms with Gasteiger partial charge in [-0.05, 0) is 37.8 Å². The fourth-order valence-electron chi connectivity index (χ4n) is 3.34. The number of rotatable bonds is 8. The van der Waals surface area contributed by atoms with Gasteiger partial charge in [0.25, 0.3) is 5.91 Å². The number of benzene rings is 1. The Labute approximate surface area is 155 Å². The number of para-hydroxylation sites is 1. The monoisotopic (exact) mass is 357 g/mol. The highest BCUT2D eigenvalue weighted by atomic mass is 16.5. The van der Waals surface area contributed by atoms with Crippen molar-refractivity contribution in [3.05, 3.63) is 35.4 Å². The molecule has 1 aliphatic carbocycles. The van der Waals surface area contributed by atoms with Crippen LogP contribution in [0.1, 0.15) is 38.7 Å².